The van der Waals surface area contributed by atoms with Crippen LogP contribution >= 0.6 is 0 Å². The van der Waals surface area contributed by atoms with Gasteiger partial charge in [0, 0.05) is 18.7 Å². The number of hydrogen-bond donors (Lipinski definition) is 1. The van der Waals surface area contributed by atoms with Gasteiger partial charge in [-0.1, -0.05) is 54.6 Å². The first-order valence-corrected chi connectivity index (χ1v) is 8.85. The first-order valence-electron chi connectivity index (χ1n) is 8.85. The van der Waals surface area contributed by atoms with E-state index in [9.17, 15) is 0 Å². The summed E-state index contributed by atoms with van der Waals surface area (Å²) in [4.78, 5) is 0. The molecule has 0 spiro atoms. The lowest BCUT2D eigenvalue weighted by Crippen LogP contribution is -2.13. The van der Waals surface area contributed by atoms with Gasteiger partial charge in [0.15, 0.2) is 0 Å². The Hall–Kier alpha value is -2.78. The van der Waals surface area contributed by atoms with Crippen molar-refractivity contribution < 1.29 is 9.47 Å². The van der Waals surface area contributed by atoms with E-state index in [0.29, 0.717) is 6.61 Å². The lowest BCUT2D eigenvalue weighted by molar-refractivity contribution is 0.305. The molecule has 0 atom stereocenters. The molecule has 0 unspecified atom stereocenters. The average Bonchev–Trinajstić information content (AvgIpc) is 2.69. The van der Waals surface area contributed by atoms with Gasteiger partial charge in [0.2, 0.25) is 0 Å². The molecule has 3 heteroatoms. The van der Waals surface area contributed by atoms with Crippen molar-refractivity contribution in [1.29, 1.82) is 0 Å². The van der Waals surface area contributed by atoms with E-state index in [1.165, 1.54) is 16.7 Å². The van der Waals surface area contributed by atoms with Gasteiger partial charge >= 0.3 is 0 Å². The second kappa shape index (κ2) is 9.07. The fraction of sp³-hybridized carbons (Fsp3) is 0.217. The molecule has 134 valence electrons. The molecule has 0 aliphatic rings. The molecule has 3 nitrogen and oxygen atoms in total. The van der Waals surface area contributed by atoms with Crippen LogP contribution in [-0.2, 0) is 19.7 Å². The van der Waals surface area contributed by atoms with Gasteiger partial charge in [0.25, 0.3) is 0 Å². The molecule has 0 saturated heterocycles. The highest BCUT2D eigenvalue weighted by Gasteiger charge is 2.02. The fourth-order valence-electron chi connectivity index (χ4n) is 2.83. The van der Waals surface area contributed by atoms with Crippen molar-refractivity contribution in [1.82, 2.24) is 5.32 Å². The van der Waals surface area contributed by atoms with Crippen LogP contribution in [0.2, 0.25) is 0 Å². The molecule has 26 heavy (non-hydrogen) atoms. The summed E-state index contributed by atoms with van der Waals surface area (Å²) in [5.41, 5.74) is 4.86. The minimum atomic E-state index is 0.595. The summed E-state index contributed by atoms with van der Waals surface area (Å²) in [7, 11) is 1.70. The third-order valence-electron chi connectivity index (χ3n) is 4.42. The minimum Gasteiger partial charge on any atom is -0.496 e. The van der Waals surface area contributed by atoms with Gasteiger partial charge in [0.05, 0.1) is 7.11 Å². The number of nitrogens with one attached hydrogen (secondary N) is 1. The third-order valence-corrected chi connectivity index (χ3v) is 4.42. The summed E-state index contributed by atoms with van der Waals surface area (Å²) in [5, 5.41) is 3.46. The molecule has 0 aromatic heterocycles. The molecule has 0 saturated carbocycles. The Morgan fingerprint density at radius 3 is 2.19 bits per heavy atom. The smallest absolute Gasteiger partial charge is 0.123 e. The Morgan fingerprint density at radius 2 is 1.46 bits per heavy atom. The normalized spacial score (nSPS) is 10.5. The highest BCUT2D eigenvalue weighted by atomic mass is 16.5. The minimum absolute atomic E-state index is 0.595. The van der Waals surface area contributed by atoms with Crippen LogP contribution in [0.5, 0.6) is 11.5 Å². The Morgan fingerprint density at radius 1 is 0.769 bits per heavy atom. The van der Waals surface area contributed by atoms with Crippen molar-refractivity contribution >= 4 is 0 Å². The van der Waals surface area contributed by atoms with Crippen molar-refractivity contribution in [2.75, 3.05) is 7.11 Å². The molecule has 3 rings (SSSR count). The van der Waals surface area contributed by atoms with E-state index < -0.39 is 0 Å². The topological polar surface area (TPSA) is 30.5 Å². The van der Waals surface area contributed by atoms with E-state index in [2.05, 4.69) is 42.6 Å². The predicted molar refractivity (Wildman–Crippen MR) is 105 cm³/mol. The molecule has 3 aromatic carbocycles. The molecule has 0 aliphatic heterocycles. The Balaban J connectivity index is 1.49. The van der Waals surface area contributed by atoms with Gasteiger partial charge in [-0.25, -0.2) is 0 Å². The van der Waals surface area contributed by atoms with E-state index >= 15 is 0 Å². The third kappa shape index (κ3) is 4.87. The lowest BCUT2D eigenvalue weighted by atomic mass is 10.1. The Labute approximate surface area is 155 Å². The van der Waals surface area contributed by atoms with Gasteiger partial charge in [-0.05, 0) is 41.8 Å². The number of ether oxygens (including phenoxy) is 2. The largest absolute Gasteiger partial charge is 0.496 e. The summed E-state index contributed by atoms with van der Waals surface area (Å²) in [6.07, 6.45) is 0. The predicted octanol–water partition coefficient (Wildman–Crippen LogP) is 4.87. The van der Waals surface area contributed by atoms with Crippen molar-refractivity contribution in [3.63, 3.8) is 0 Å². The maximum absolute atomic E-state index is 5.90. The summed E-state index contributed by atoms with van der Waals surface area (Å²) in [6, 6.07) is 24.6. The maximum Gasteiger partial charge on any atom is 0.123 e. The number of aryl methyl sites for hydroxylation is 1. The van der Waals surface area contributed by atoms with Crippen LogP contribution in [0.25, 0.3) is 0 Å². The van der Waals surface area contributed by atoms with E-state index in [1.807, 2.05) is 42.5 Å². The quantitative estimate of drug-likeness (QED) is 0.630. The van der Waals surface area contributed by atoms with Crippen LogP contribution in [0.4, 0.5) is 0 Å². The van der Waals surface area contributed by atoms with Crippen LogP contribution < -0.4 is 14.8 Å². The molecule has 0 fully saturated rings. The van der Waals surface area contributed by atoms with Crippen molar-refractivity contribution in [3.05, 3.63) is 95.1 Å². The van der Waals surface area contributed by atoms with Gasteiger partial charge < -0.3 is 14.8 Å². The number of benzene rings is 3. The monoisotopic (exact) mass is 347 g/mol. The van der Waals surface area contributed by atoms with E-state index in [-0.39, 0.29) is 0 Å². The molecular weight excluding hydrogens is 322 g/mol. The summed E-state index contributed by atoms with van der Waals surface area (Å²) >= 11 is 0. The number of rotatable bonds is 8. The van der Waals surface area contributed by atoms with Gasteiger partial charge in [-0.3, -0.25) is 0 Å². The van der Waals surface area contributed by atoms with Crippen LogP contribution in [0, 0.1) is 6.92 Å². The molecule has 1 N–H and O–H groups in total. The lowest BCUT2D eigenvalue weighted by Gasteiger charge is -2.11. The van der Waals surface area contributed by atoms with Crippen LogP contribution in [0.1, 0.15) is 22.3 Å². The van der Waals surface area contributed by atoms with Gasteiger partial charge in [-0.15, -0.1) is 0 Å². The first-order chi connectivity index (χ1) is 12.8. The van der Waals surface area contributed by atoms with Crippen LogP contribution in [0.15, 0.2) is 72.8 Å². The van der Waals surface area contributed by atoms with Gasteiger partial charge in [0.1, 0.15) is 18.1 Å². The zero-order chi connectivity index (χ0) is 18.2. The molecule has 0 amide bonds. The average molecular weight is 347 g/mol. The second-order valence-electron chi connectivity index (χ2n) is 6.27. The fourth-order valence-corrected chi connectivity index (χ4v) is 2.83. The van der Waals surface area contributed by atoms with Crippen LogP contribution in [-0.4, -0.2) is 7.11 Å². The zero-order valence-electron chi connectivity index (χ0n) is 15.4. The highest BCUT2D eigenvalue weighted by Crippen LogP contribution is 2.18. The van der Waals surface area contributed by atoms with Crippen molar-refractivity contribution in [2.24, 2.45) is 0 Å². The summed E-state index contributed by atoms with van der Waals surface area (Å²) < 4.78 is 11.3. The van der Waals surface area contributed by atoms with E-state index in [1.54, 1.807) is 7.11 Å². The number of methoxy groups -OCH3 is 1. The molecular formula is C23H25NO2. The Kier molecular flexibility index (Phi) is 6.29. The van der Waals surface area contributed by atoms with Crippen molar-refractivity contribution in [3.8, 4) is 11.5 Å². The highest BCUT2D eigenvalue weighted by molar-refractivity contribution is 5.33. The maximum atomic E-state index is 5.90. The molecule has 0 aliphatic carbocycles. The van der Waals surface area contributed by atoms with E-state index in [0.717, 1.165) is 30.2 Å². The summed E-state index contributed by atoms with van der Waals surface area (Å²) in [6.45, 7) is 4.28. The number of para-hydroxylation sites is 1. The SMILES string of the molecule is COc1ccccc1CNCc1ccc(OCc2ccccc2C)cc1. The second-order valence-corrected chi connectivity index (χ2v) is 6.27. The first kappa shape index (κ1) is 18.0. The summed E-state index contributed by atoms with van der Waals surface area (Å²) in [5.74, 6) is 1.81. The molecule has 0 bridgehead atoms. The van der Waals surface area contributed by atoms with E-state index in [4.69, 9.17) is 9.47 Å². The van der Waals surface area contributed by atoms with Crippen LogP contribution in [0.3, 0.4) is 0 Å². The number of hydrogen-bond acceptors (Lipinski definition) is 3. The molecule has 0 heterocycles. The van der Waals surface area contributed by atoms with Crippen molar-refractivity contribution in [2.45, 2.75) is 26.6 Å². The molecule has 3 aromatic rings. The standard InChI is InChI=1S/C23H25NO2/c1-18-7-3-4-9-21(18)17-26-22-13-11-19(12-14-22)15-24-16-20-8-5-6-10-23(20)25-2/h3-14,24H,15-17H2,1-2H3. The van der Waals surface area contributed by atoms with Gasteiger partial charge in [-0.2, -0.15) is 0 Å². The zero-order valence-corrected chi connectivity index (χ0v) is 15.4. The molecule has 0 radical (unpaired) electrons. The Bertz CT molecular complexity index is 828.